The molecule has 96 valence electrons. The van der Waals surface area contributed by atoms with E-state index in [0.29, 0.717) is 16.7 Å². The third kappa shape index (κ3) is 2.11. The van der Waals surface area contributed by atoms with Gasteiger partial charge in [0.25, 0.3) is 0 Å². The molecule has 1 aromatic carbocycles. The SMILES string of the molecule is Cc1cccnc1C(N)c1cc2cc(F)ccc2o1. The molecule has 3 aromatic rings. The van der Waals surface area contributed by atoms with E-state index < -0.39 is 6.04 Å². The van der Waals surface area contributed by atoms with E-state index in [4.69, 9.17) is 10.2 Å². The highest BCUT2D eigenvalue weighted by Gasteiger charge is 2.17. The maximum Gasteiger partial charge on any atom is 0.134 e. The van der Waals surface area contributed by atoms with Crippen LogP contribution in [0.15, 0.2) is 47.0 Å². The van der Waals surface area contributed by atoms with Crippen LogP contribution in [0.2, 0.25) is 0 Å². The lowest BCUT2D eigenvalue weighted by Crippen LogP contribution is -2.14. The molecule has 0 aliphatic rings. The van der Waals surface area contributed by atoms with Crippen molar-refractivity contribution in [3.63, 3.8) is 0 Å². The number of aryl methyl sites for hydroxylation is 1. The van der Waals surface area contributed by atoms with Gasteiger partial charge in [0.15, 0.2) is 0 Å². The molecular weight excluding hydrogens is 243 g/mol. The summed E-state index contributed by atoms with van der Waals surface area (Å²) in [5.41, 5.74) is 8.56. The number of furan rings is 1. The molecule has 0 radical (unpaired) electrons. The van der Waals surface area contributed by atoms with Gasteiger partial charge in [-0.05, 0) is 42.8 Å². The molecule has 3 rings (SSSR count). The average molecular weight is 256 g/mol. The van der Waals surface area contributed by atoms with Gasteiger partial charge in [-0.25, -0.2) is 4.39 Å². The molecule has 0 saturated carbocycles. The summed E-state index contributed by atoms with van der Waals surface area (Å²) in [7, 11) is 0. The summed E-state index contributed by atoms with van der Waals surface area (Å²) in [6.07, 6.45) is 1.70. The third-order valence-electron chi connectivity index (χ3n) is 3.15. The van der Waals surface area contributed by atoms with Gasteiger partial charge in [-0.1, -0.05) is 6.07 Å². The van der Waals surface area contributed by atoms with Crippen LogP contribution in [-0.2, 0) is 0 Å². The molecule has 0 spiro atoms. The van der Waals surface area contributed by atoms with Gasteiger partial charge in [-0.3, -0.25) is 4.98 Å². The Hall–Kier alpha value is -2.20. The maximum absolute atomic E-state index is 13.1. The summed E-state index contributed by atoms with van der Waals surface area (Å²) in [6.45, 7) is 1.95. The Labute approximate surface area is 109 Å². The molecule has 1 atom stereocenters. The number of hydrogen-bond acceptors (Lipinski definition) is 3. The Kier molecular flexibility index (Phi) is 2.80. The molecule has 2 heterocycles. The Morgan fingerprint density at radius 2 is 2.11 bits per heavy atom. The van der Waals surface area contributed by atoms with Crippen LogP contribution in [0.5, 0.6) is 0 Å². The van der Waals surface area contributed by atoms with E-state index in [9.17, 15) is 4.39 Å². The van der Waals surface area contributed by atoms with Crippen molar-refractivity contribution in [3.05, 3.63) is 65.4 Å². The minimum atomic E-state index is -0.448. The topological polar surface area (TPSA) is 52.0 Å². The van der Waals surface area contributed by atoms with E-state index in [2.05, 4.69) is 4.98 Å². The summed E-state index contributed by atoms with van der Waals surface area (Å²) in [6, 6.07) is 9.53. The second-order valence-electron chi connectivity index (χ2n) is 4.51. The Balaban J connectivity index is 2.07. The molecule has 2 N–H and O–H groups in total. The number of nitrogens with zero attached hydrogens (tertiary/aromatic N) is 1. The predicted molar refractivity (Wildman–Crippen MR) is 71.2 cm³/mol. The van der Waals surface area contributed by atoms with Gasteiger partial charge in [0.1, 0.15) is 23.2 Å². The summed E-state index contributed by atoms with van der Waals surface area (Å²) in [5.74, 6) is 0.296. The van der Waals surface area contributed by atoms with E-state index in [1.54, 1.807) is 18.3 Å². The first kappa shape index (κ1) is 11.9. The van der Waals surface area contributed by atoms with Crippen molar-refractivity contribution in [2.24, 2.45) is 5.73 Å². The van der Waals surface area contributed by atoms with Crippen LogP contribution in [0.25, 0.3) is 11.0 Å². The smallest absolute Gasteiger partial charge is 0.134 e. The van der Waals surface area contributed by atoms with Crippen molar-refractivity contribution in [1.29, 1.82) is 0 Å². The number of nitrogens with two attached hydrogens (primary N) is 1. The molecule has 0 aliphatic carbocycles. The average Bonchev–Trinajstić information content (AvgIpc) is 2.81. The number of fused-ring (bicyclic) bond motifs is 1. The standard InChI is InChI=1S/C15H13FN2O/c1-9-3-2-6-18-15(9)14(17)13-8-10-7-11(16)4-5-12(10)19-13/h2-8,14H,17H2,1H3. The minimum absolute atomic E-state index is 0.289. The van der Waals surface area contributed by atoms with Crippen molar-refractivity contribution in [2.45, 2.75) is 13.0 Å². The van der Waals surface area contributed by atoms with Gasteiger partial charge >= 0.3 is 0 Å². The normalized spacial score (nSPS) is 12.8. The first-order valence-electron chi connectivity index (χ1n) is 6.01. The molecule has 19 heavy (non-hydrogen) atoms. The highest BCUT2D eigenvalue weighted by Crippen LogP contribution is 2.27. The van der Waals surface area contributed by atoms with Crippen LogP contribution in [0.1, 0.15) is 23.1 Å². The van der Waals surface area contributed by atoms with E-state index in [0.717, 1.165) is 11.3 Å². The Morgan fingerprint density at radius 1 is 1.26 bits per heavy atom. The van der Waals surface area contributed by atoms with Gasteiger partial charge in [0.2, 0.25) is 0 Å². The largest absolute Gasteiger partial charge is 0.459 e. The van der Waals surface area contributed by atoms with Gasteiger partial charge in [-0.2, -0.15) is 0 Å². The van der Waals surface area contributed by atoms with Crippen LogP contribution in [0, 0.1) is 12.7 Å². The monoisotopic (exact) mass is 256 g/mol. The fourth-order valence-electron chi connectivity index (χ4n) is 2.15. The first-order valence-corrected chi connectivity index (χ1v) is 6.01. The number of benzene rings is 1. The summed E-state index contributed by atoms with van der Waals surface area (Å²) < 4.78 is 18.8. The molecular formula is C15H13FN2O. The fourth-order valence-corrected chi connectivity index (χ4v) is 2.15. The molecule has 2 aromatic heterocycles. The van der Waals surface area contributed by atoms with Crippen LogP contribution in [0.4, 0.5) is 4.39 Å². The van der Waals surface area contributed by atoms with Crippen molar-refractivity contribution in [2.75, 3.05) is 0 Å². The van der Waals surface area contributed by atoms with E-state index in [-0.39, 0.29) is 5.82 Å². The van der Waals surface area contributed by atoms with Crippen LogP contribution < -0.4 is 5.73 Å². The van der Waals surface area contributed by atoms with Gasteiger partial charge in [0, 0.05) is 11.6 Å². The Bertz CT molecular complexity index is 736. The van der Waals surface area contributed by atoms with Gasteiger partial charge < -0.3 is 10.2 Å². The van der Waals surface area contributed by atoms with Crippen molar-refractivity contribution >= 4 is 11.0 Å². The lowest BCUT2D eigenvalue weighted by atomic mass is 10.1. The number of pyridine rings is 1. The third-order valence-corrected chi connectivity index (χ3v) is 3.15. The zero-order valence-electron chi connectivity index (χ0n) is 10.4. The zero-order chi connectivity index (χ0) is 13.4. The fraction of sp³-hybridized carbons (Fsp3) is 0.133. The lowest BCUT2D eigenvalue weighted by molar-refractivity contribution is 0.519. The van der Waals surface area contributed by atoms with Crippen molar-refractivity contribution < 1.29 is 8.81 Å². The maximum atomic E-state index is 13.1. The minimum Gasteiger partial charge on any atom is -0.459 e. The number of halogens is 1. The van der Waals surface area contributed by atoms with Crippen molar-refractivity contribution in [1.82, 2.24) is 4.98 Å². The molecule has 3 nitrogen and oxygen atoms in total. The van der Waals surface area contributed by atoms with E-state index in [1.807, 2.05) is 19.1 Å². The molecule has 0 saturated heterocycles. The number of hydrogen-bond donors (Lipinski definition) is 1. The zero-order valence-corrected chi connectivity index (χ0v) is 10.4. The number of rotatable bonds is 2. The Morgan fingerprint density at radius 3 is 2.89 bits per heavy atom. The highest BCUT2D eigenvalue weighted by atomic mass is 19.1. The lowest BCUT2D eigenvalue weighted by Gasteiger charge is -2.10. The summed E-state index contributed by atoms with van der Waals surface area (Å²) in [5, 5.41) is 0.707. The van der Waals surface area contributed by atoms with Gasteiger partial charge in [-0.15, -0.1) is 0 Å². The van der Waals surface area contributed by atoms with Crippen LogP contribution in [-0.4, -0.2) is 4.98 Å². The molecule has 1 unspecified atom stereocenters. The van der Waals surface area contributed by atoms with E-state index in [1.165, 1.54) is 12.1 Å². The highest BCUT2D eigenvalue weighted by molar-refractivity contribution is 5.78. The molecule has 4 heteroatoms. The van der Waals surface area contributed by atoms with Gasteiger partial charge in [0.05, 0.1) is 5.69 Å². The van der Waals surface area contributed by atoms with Crippen LogP contribution >= 0.6 is 0 Å². The summed E-state index contributed by atoms with van der Waals surface area (Å²) >= 11 is 0. The van der Waals surface area contributed by atoms with E-state index >= 15 is 0 Å². The first-order chi connectivity index (χ1) is 9.15. The second kappa shape index (κ2) is 4.48. The quantitative estimate of drug-likeness (QED) is 0.765. The molecule has 0 amide bonds. The van der Waals surface area contributed by atoms with Crippen molar-refractivity contribution in [3.8, 4) is 0 Å². The molecule has 0 bridgehead atoms. The van der Waals surface area contributed by atoms with Crippen LogP contribution in [0.3, 0.4) is 0 Å². The second-order valence-corrected chi connectivity index (χ2v) is 4.51. The predicted octanol–water partition coefficient (Wildman–Crippen LogP) is 3.32. The number of aromatic nitrogens is 1. The molecule has 0 aliphatic heterocycles. The molecule has 0 fully saturated rings. The summed E-state index contributed by atoms with van der Waals surface area (Å²) in [4.78, 5) is 4.28.